The Morgan fingerprint density at radius 1 is 1.17 bits per heavy atom. The van der Waals surface area contributed by atoms with Crippen molar-refractivity contribution in [1.29, 1.82) is 0 Å². The molecule has 1 fully saturated rings. The maximum Gasteiger partial charge on any atom is 0.237 e. The lowest BCUT2D eigenvalue weighted by molar-refractivity contribution is 0.0523. The summed E-state index contributed by atoms with van der Waals surface area (Å²) < 4.78 is 13.9. The van der Waals surface area contributed by atoms with Crippen LogP contribution in [0, 0.1) is 0 Å². The Bertz CT molecular complexity index is 794. The van der Waals surface area contributed by atoms with Gasteiger partial charge in [0.2, 0.25) is 5.89 Å². The minimum Gasteiger partial charge on any atom is -0.381 e. The summed E-state index contributed by atoms with van der Waals surface area (Å²) in [7, 11) is 0. The summed E-state index contributed by atoms with van der Waals surface area (Å²) in [4.78, 5) is 8.58. The van der Waals surface area contributed by atoms with Gasteiger partial charge in [-0.25, -0.2) is 9.67 Å². The third-order valence-corrected chi connectivity index (χ3v) is 4.92. The SMILES string of the molecule is Brc1ccc(C2(c3nc(Cn4cncn4)no3)CCOCC2)cc1. The summed E-state index contributed by atoms with van der Waals surface area (Å²) >= 11 is 3.49. The number of ether oxygens (including phenoxy) is 1. The van der Waals surface area contributed by atoms with Crippen molar-refractivity contribution in [2.24, 2.45) is 0 Å². The lowest BCUT2D eigenvalue weighted by Crippen LogP contribution is -2.35. The molecule has 1 aliphatic rings. The molecule has 0 amide bonds. The van der Waals surface area contributed by atoms with Crippen LogP contribution in [-0.2, 0) is 16.7 Å². The Labute approximate surface area is 147 Å². The van der Waals surface area contributed by atoms with E-state index in [1.807, 2.05) is 12.1 Å². The third-order valence-electron chi connectivity index (χ3n) is 4.39. The van der Waals surface area contributed by atoms with Crippen molar-refractivity contribution >= 4 is 15.9 Å². The molecule has 0 radical (unpaired) electrons. The van der Waals surface area contributed by atoms with Gasteiger partial charge in [-0.2, -0.15) is 10.1 Å². The van der Waals surface area contributed by atoms with Crippen molar-refractivity contribution < 1.29 is 9.26 Å². The molecule has 0 unspecified atom stereocenters. The van der Waals surface area contributed by atoms with Crippen molar-refractivity contribution in [3.63, 3.8) is 0 Å². The molecule has 0 aliphatic carbocycles. The molecule has 0 saturated carbocycles. The molecule has 3 heterocycles. The maximum absolute atomic E-state index is 5.65. The number of halogens is 1. The van der Waals surface area contributed by atoms with Crippen LogP contribution >= 0.6 is 15.9 Å². The summed E-state index contributed by atoms with van der Waals surface area (Å²) in [5.74, 6) is 1.24. The monoisotopic (exact) mass is 389 g/mol. The van der Waals surface area contributed by atoms with Crippen LogP contribution in [-0.4, -0.2) is 38.1 Å². The number of nitrogens with zero attached hydrogens (tertiary/aromatic N) is 5. The fourth-order valence-electron chi connectivity index (χ4n) is 3.09. The Morgan fingerprint density at radius 3 is 2.67 bits per heavy atom. The fourth-order valence-corrected chi connectivity index (χ4v) is 3.35. The molecule has 0 N–H and O–H groups in total. The first-order valence-electron chi connectivity index (χ1n) is 7.75. The van der Waals surface area contributed by atoms with Crippen molar-refractivity contribution in [2.75, 3.05) is 13.2 Å². The van der Waals surface area contributed by atoms with E-state index in [1.165, 1.54) is 11.9 Å². The number of hydrogen-bond donors (Lipinski definition) is 0. The number of rotatable bonds is 4. The second kappa shape index (κ2) is 6.45. The molecule has 8 heteroatoms. The highest BCUT2D eigenvalue weighted by Crippen LogP contribution is 2.40. The number of hydrogen-bond acceptors (Lipinski definition) is 6. The lowest BCUT2D eigenvalue weighted by Gasteiger charge is -2.34. The zero-order chi connectivity index (χ0) is 16.4. The standard InChI is InChI=1S/C16H16BrN5O2/c17-13-3-1-12(2-4-13)16(5-7-23-8-6-16)15-20-14(21-24-15)9-22-11-18-10-19-22/h1-4,10-11H,5-9H2. The number of aromatic nitrogens is 5. The van der Waals surface area contributed by atoms with Crippen LogP contribution in [0.3, 0.4) is 0 Å². The van der Waals surface area contributed by atoms with Crippen molar-refractivity contribution in [2.45, 2.75) is 24.8 Å². The van der Waals surface area contributed by atoms with Gasteiger partial charge in [-0.3, -0.25) is 0 Å². The van der Waals surface area contributed by atoms with Gasteiger partial charge in [0.15, 0.2) is 5.82 Å². The molecule has 0 bridgehead atoms. The Hall–Kier alpha value is -2.06. The van der Waals surface area contributed by atoms with Gasteiger partial charge in [-0.1, -0.05) is 33.2 Å². The molecule has 2 aromatic heterocycles. The van der Waals surface area contributed by atoms with Gasteiger partial charge in [0.05, 0.1) is 5.41 Å². The second-order valence-corrected chi connectivity index (χ2v) is 6.73. The van der Waals surface area contributed by atoms with E-state index in [4.69, 9.17) is 9.26 Å². The van der Waals surface area contributed by atoms with Crippen LogP contribution in [0.25, 0.3) is 0 Å². The quantitative estimate of drug-likeness (QED) is 0.682. The van der Waals surface area contributed by atoms with E-state index in [-0.39, 0.29) is 5.41 Å². The first-order chi connectivity index (χ1) is 11.8. The van der Waals surface area contributed by atoms with E-state index in [9.17, 15) is 0 Å². The van der Waals surface area contributed by atoms with E-state index in [0.717, 1.165) is 17.3 Å². The van der Waals surface area contributed by atoms with Gasteiger partial charge >= 0.3 is 0 Å². The predicted octanol–water partition coefficient (Wildman–Crippen LogP) is 2.57. The molecule has 24 heavy (non-hydrogen) atoms. The Balaban J connectivity index is 1.69. The highest BCUT2D eigenvalue weighted by Gasteiger charge is 2.41. The van der Waals surface area contributed by atoms with Crippen molar-refractivity contribution in [3.8, 4) is 0 Å². The molecule has 3 aromatic rings. The summed E-state index contributed by atoms with van der Waals surface area (Å²) in [5, 5.41) is 8.21. The smallest absolute Gasteiger partial charge is 0.237 e. The molecule has 1 saturated heterocycles. The van der Waals surface area contributed by atoms with Gasteiger partial charge in [-0.05, 0) is 30.5 Å². The summed E-state index contributed by atoms with van der Waals surface area (Å²) in [6.45, 7) is 1.80. The van der Waals surface area contributed by atoms with Crippen molar-refractivity contribution in [3.05, 3.63) is 58.7 Å². The Kier molecular flexibility index (Phi) is 4.15. The Morgan fingerprint density at radius 2 is 1.96 bits per heavy atom. The van der Waals surface area contributed by atoms with E-state index in [0.29, 0.717) is 31.5 Å². The molecule has 0 atom stereocenters. The predicted molar refractivity (Wildman–Crippen MR) is 88.4 cm³/mol. The normalized spacial score (nSPS) is 17.0. The topological polar surface area (TPSA) is 78.9 Å². The zero-order valence-corrected chi connectivity index (χ0v) is 14.5. The van der Waals surface area contributed by atoms with Crippen LogP contribution in [0.15, 0.2) is 45.9 Å². The van der Waals surface area contributed by atoms with Gasteiger partial charge in [0.25, 0.3) is 0 Å². The average molecular weight is 390 g/mol. The first kappa shape index (κ1) is 15.5. The highest BCUT2D eigenvalue weighted by atomic mass is 79.9. The van der Waals surface area contributed by atoms with E-state index in [1.54, 1.807) is 11.0 Å². The molecule has 124 valence electrons. The van der Waals surface area contributed by atoms with E-state index >= 15 is 0 Å². The summed E-state index contributed by atoms with van der Waals surface area (Å²) in [6.07, 6.45) is 4.76. The minimum absolute atomic E-state index is 0.299. The number of benzene rings is 1. The molecule has 7 nitrogen and oxygen atoms in total. The van der Waals surface area contributed by atoms with Crippen LogP contribution in [0.5, 0.6) is 0 Å². The van der Waals surface area contributed by atoms with Gasteiger partial charge in [0, 0.05) is 17.7 Å². The lowest BCUT2D eigenvalue weighted by atomic mass is 9.74. The summed E-state index contributed by atoms with van der Waals surface area (Å²) in [6, 6.07) is 8.30. The first-order valence-corrected chi connectivity index (χ1v) is 8.55. The third kappa shape index (κ3) is 2.87. The van der Waals surface area contributed by atoms with Crippen LogP contribution < -0.4 is 0 Å². The zero-order valence-electron chi connectivity index (χ0n) is 12.9. The van der Waals surface area contributed by atoms with Crippen LogP contribution in [0.2, 0.25) is 0 Å². The van der Waals surface area contributed by atoms with E-state index in [2.05, 4.69) is 48.3 Å². The highest BCUT2D eigenvalue weighted by molar-refractivity contribution is 9.10. The van der Waals surface area contributed by atoms with Gasteiger partial charge < -0.3 is 9.26 Å². The molecule has 1 aliphatic heterocycles. The maximum atomic E-state index is 5.65. The van der Waals surface area contributed by atoms with Crippen LogP contribution in [0.4, 0.5) is 0 Å². The molecule has 4 rings (SSSR count). The van der Waals surface area contributed by atoms with Gasteiger partial charge in [-0.15, -0.1) is 0 Å². The van der Waals surface area contributed by atoms with E-state index < -0.39 is 0 Å². The van der Waals surface area contributed by atoms with Gasteiger partial charge in [0.1, 0.15) is 19.2 Å². The fraction of sp³-hybridized carbons (Fsp3) is 0.375. The molecular formula is C16H16BrN5O2. The average Bonchev–Trinajstić information content (AvgIpc) is 3.29. The minimum atomic E-state index is -0.299. The largest absolute Gasteiger partial charge is 0.381 e. The molecule has 1 aromatic carbocycles. The summed E-state index contributed by atoms with van der Waals surface area (Å²) in [5.41, 5.74) is 0.872. The molecule has 0 spiro atoms. The van der Waals surface area contributed by atoms with Crippen molar-refractivity contribution in [1.82, 2.24) is 24.9 Å². The molecular weight excluding hydrogens is 374 g/mol. The van der Waals surface area contributed by atoms with Crippen LogP contribution in [0.1, 0.15) is 30.1 Å². The second-order valence-electron chi connectivity index (χ2n) is 5.81.